The molecule has 0 saturated carbocycles. The number of hydrogen-bond donors (Lipinski definition) is 3. The molecular formula is C23H19N3OS. The zero-order chi connectivity index (χ0) is 19.3. The topological polar surface area (TPSA) is 53.2 Å². The first kappa shape index (κ1) is 17.9. The molecule has 0 spiro atoms. The number of benzene rings is 3. The molecule has 0 aromatic heterocycles. The molecule has 0 fully saturated rings. The Labute approximate surface area is 169 Å². The van der Waals surface area contributed by atoms with E-state index in [1.807, 2.05) is 91.0 Å². The first-order valence-corrected chi connectivity index (χ1v) is 9.41. The zero-order valence-corrected chi connectivity index (χ0v) is 15.9. The Balaban J connectivity index is 1.83. The lowest BCUT2D eigenvalue weighted by molar-refractivity contribution is 0.241. The molecule has 5 heteroatoms. The second-order valence-electron chi connectivity index (χ2n) is 6.42. The number of hydrogen-bond acceptors (Lipinski definition) is 2. The summed E-state index contributed by atoms with van der Waals surface area (Å²) in [5, 5.41) is 9.27. The molecule has 1 heterocycles. The number of thiocarbonyl (C=S) groups is 1. The summed E-state index contributed by atoms with van der Waals surface area (Å²) in [5.74, 6) is 0. The maximum absolute atomic E-state index is 12.4. The molecule has 4 nitrogen and oxygen atoms in total. The summed E-state index contributed by atoms with van der Waals surface area (Å²) in [7, 11) is 0. The fourth-order valence-electron chi connectivity index (χ4n) is 3.26. The molecule has 3 aromatic carbocycles. The predicted octanol–water partition coefficient (Wildman–Crippen LogP) is 4.89. The summed E-state index contributed by atoms with van der Waals surface area (Å²) >= 11 is 5.79. The van der Waals surface area contributed by atoms with Crippen LogP contribution < -0.4 is 16.0 Å². The maximum Gasteiger partial charge on any atom is 0.320 e. The molecule has 0 aliphatic carbocycles. The number of urea groups is 1. The van der Waals surface area contributed by atoms with E-state index < -0.39 is 0 Å². The molecule has 2 amide bonds. The van der Waals surface area contributed by atoms with Gasteiger partial charge in [0.25, 0.3) is 0 Å². The largest absolute Gasteiger partial charge is 0.346 e. The van der Waals surface area contributed by atoms with E-state index >= 15 is 0 Å². The number of carbonyl (C=O) groups is 1. The van der Waals surface area contributed by atoms with Crippen LogP contribution in [-0.4, -0.2) is 11.0 Å². The molecule has 1 aliphatic rings. The SMILES string of the molecule is O=C1NC(c2ccccc2)=C(C(=S)Nc2ccccc2)[C@@H](c2ccccc2)N1. The monoisotopic (exact) mass is 385 g/mol. The van der Waals surface area contributed by atoms with Crippen molar-refractivity contribution in [1.29, 1.82) is 0 Å². The van der Waals surface area contributed by atoms with Crippen LogP contribution in [0.2, 0.25) is 0 Å². The van der Waals surface area contributed by atoms with Crippen molar-refractivity contribution in [3.8, 4) is 0 Å². The van der Waals surface area contributed by atoms with Crippen LogP contribution in [-0.2, 0) is 0 Å². The normalized spacial score (nSPS) is 16.1. The molecule has 0 bridgehead atoms. The summed E-state index contributed by atoms with van der Waals surface area (Å²) in [6.07, 6.45) is 0. The second-order valence-corrected chi connectivity index (χ2v) is 6.83. The van der Waals surface area contributed by atoms with Crippen molar-refractivity contribution in [2.45, 2.75) is 6.04 Å². The second kappa shape index (κ2) is 8.06. The van der Waals surface area contributed by atoms with Gasteiger partial charge < -0.3 is 16.0 Å². The van der Waals surface area contributed by atoms with E-state index in [-0.39, 0.29) is 12.1 Å². The molecular weight excluding hydrogens is 366 g/mol. The van der Waals surface area contributed by atoms with Gasteiger partial charge in [-0.05, 0) is 23.3 Å². The number of anilines is 1. The highest BCUT2D eigenvalue weighted by atomic mass is 32.1. The van der Waals surface area contributed by atoms with Gasteiger partial charge in [-0.15, -0.1) is 0 Å². The van der Waals surface area contributed by atoms with Gasteiger partial charge in [0, 0.05) is 11.3 Å². The van der Waals surface area contributed by atoms with Crippen molar-refractivity contribution in [2.24, 2.45) is 0 Å². The minimum Gasteiger partial charge on any atom is -0.346 e. The number of nitrogens with one attached hydrogen (secondary N) is 3. The lowest BCUT2D eigenvalue weighted by Gasteiger charge is -2.31. The van der Waals surface area contributed by atoms with Gasteiger partial charge in [0.15, 0.2) is 0 Å². The Hall–Kier alpha value is -3.44. The number of rotatable bonds is 4. The van der Waals surface area contributed by atoms with Gasteiger partial charge in [0.1, 0.15) is 4.99 Å². The smallest absolute Gasteiger partial charge is 0.320 e. The van der Waals surface area contributed by atoms with Crippen LogP contribution >= 0.6 is 12.2 Å². The van der Waals surface area contributed by atoms with E-state index in [4.69, 9.17) is 12.2 Å². The molecule has 1 atom stereocenters. The minimum atomic E-state index is -0.353. The van der Waals surface area contributed by atoms with E-state index in [1.54, 1.807) is 0 Å². The molecule has 0 unspecified atom stereocenters. The van der Waals surface area contributed by atoms with E-state index in [9.17, 15) is 4.79 Å². The van der Waals surface area contributed by atoms with Crippen molar-refractivity contribution >= 4 is 34.6 Å². The van der Waals surface area contributed by atoms with Crippen molar-refractivity contribution in [2.75, 3.05) is 5.32 Å². The summed E-state index contributed by atoms with van der Waals surface area (Å²) in [5.41, 5.74) is 4.32. The van der Waals surface area contributed by atoms with Crippen LogP contribution in [0.3, 0.4) is 0 Å². The first-order chi connectivity index (χ1) is 13.7. The standard InChI is InChI=1S/C23H19N3OS/c27-23-25-20(16-10-4-1-5-11-16)19(21(26-23)17-12-6-2-7-13-17)22(28)24-18-14-8-3-9-15-18/h1-15,20H,(H,24,28)(H2,25,26,27)/t20-/m1/s1. The third-order valence-electron chi connectivity index (χ3n) is 4.54. The van der Waals surface area contributed by atoms with Crippen molar-refractivity contribution in [3.05, 3.63) is 108 Å². The van der Waals surface area contributed by atoms with Gasteiger partial charge in [-0.25, -0.2) is 4.79 Å². The van der Waals surface area contributed by atoms with Gasteiger partial charge in [0.05, 0.1) is 11.7 Å². The molecule has 3 N–H and O–H groups in total. The summed E-state index contributed by atoms with van der Waals surface area (Å²) in [6, 6.07) is 28.8. The van der Waals surface area contributed by atoms with E-state index in [2.05, 4.69) is 16.0 Å². The summed E-state index contributed by atoms with van der Waals surface area (Å²) in [4.78, 5) is 13.0. The molecule has 1 aliphatic heterocycles. The third kappa shape index (κ3) is 3.80. The van der Waals surface area contributed by atoms with Gasteiger partial charge in [-0.1, -0.05) is 91.1 Å². The molecule has 28 heavy (non-hydrogen) atoms. The van der Waals surface area contributed by atoms with Crippen LogP contribution in [0.15, 0.2) is 96.6 Å². The number of para-hydroxylation sites is 1. The van der Waals surface area contributed by atoms with E-state index in [0.29, 0.717) is 10.7 Å². The fraction of sp³-hybridized carbons (Fsp3) is 0.0435. The average Bonchev–Trinajstić information content (AvgIpc) is 2.75. The van der Waals surface area contributed by atoms with Crippen LogP contribution in [0.1, 0.15) is 17.2 Å². The Bertz CT molecular complexity index is 1020. The Morgan fingerprint density at radius 3 is 2.04 bits per heavy atom. The zero-order valence-electron chi connectivity index (χ0n) is 15.1. The fourth-order valence-corrected chi connectivity index (χ4v) is 3.59. The average molecular weight is 385 g/mol. The van der Waals surface area contributed by atoms with Crippen molar-refractivity contribution < 1.29 is 4.79 Å². The van der Waals surface area contributed by atoms with Crippen LogP contribution in [0.25, 0.3) is 5.70 Å². The van der Waals surface area contributed by atoms with Gasteiger partial charge in [-0.2, -0.15) is 0 Å². The Morgan fingerprint density at radius 2 is 1.39 bits per heavy atom. The van der Waals surface area contributed by atoms with Crippen LogP contribution in [0.4, 0.5) is 10.5 Å². The Morgan fingerprint density at radius 1 is 0.821 bits per heavy atom. The highest BCUT2D eigenvalue weighted by Crippen LogP contribution is 2.32. The van der Waals surface area contributed by atoms with Gasteiger partial charge in [-0.3, -0.25) is 0 Å². The highest BCUT2D eigenvalue weighted by Gasteiger charge is 2.31. The lowest BCUT2D eigenvalue weighted by Crippen LogP contribution is -2.45. The van der Waals surface area contributed by atoms with Gasteiger partial charge in [0.2, 0.25) is 0 Å². The quantitative estimate of drug-likeness (QED) is 0.561. The van der Waals surface area contributed by atoms with Gasteiger partial charge >= 0.3 is 6.03 Å². The Kier molecular flexibility index (Phi) is 5.17. The highest BCUT2D eigenvalue weighted by molar-refractivity contribution is 7.81. The summed E-state index contributed by atoms with van der Waals surface area (Å²) in [6.45, 7) is 0. The summed E-state index contributed by atoms with van der Waals surface area (Å²) < 4.78 is 0. The molecule has 0 radical (unpaired) electrons. The molecule has 138 valence electrons. The first-order valence-electron chi connectivity index (χ1n) is 9.01. The number of carbonyl (C=O) groups excluding carboxylic acids is 1. The van der Waals surface area contributed by atoms with E-state index in [1.165, 1.54) is 0 Å². The maximum atomic E-state index is 12.4. The predicted molar refractivity (Wildman–Crippen MR) is 117 cm³/mol. The third-order valence-corrected chi connectivity index (χ3v) is 4.87. The molecule has 3 aromatic rings. The lowest BCUT2D eigenvalue weighted by atomic mass is 9.92. The van der Waals surface area contributed by atoms with Crippen LogP contribution in [0, 0.1) is 0 Å². The van der Waals surface area contributed by atoms with Crippen molar-refractivity contribution in [1.82, 2.24) is 10.6 Å². The number of amides is 2. The van der Waals surface area contributed by atoms with Crippen molar-refractivity contribution in [3.63, 3.8) is 0 Å². The molecule has 0 saturated heterocycles. The van der Waals surface area contributed by atoms with Crippen LogP contribution in [0.5, 0.6) is 0 Å². The minimum absolute atomic E-state index is 0.251. The van der Waals surface area contributed by atoms with E-state index in [0.717, 1.165) is 22.4 Å². The molecule has 4 rings (SSSR count).